The molecule has 0 unspecified atom stereocenters. The van der Waals surface area contributed by atoms with Crippen molar-refractivity contribution in [2.75, 3.05) is 32.8 Å². The molecule has 0 spiro atoms. The lowest BCUT2D eigenvalue weighted by Gasteiger charge is -2.36. The van der Waals surface area contributed by atoms with Crippen LogP contribution in [0, 0.1) is 12.8 Å². The smallest absolute Gasteiger partial charge is 0.272 e. The van der Waals surface area contributed by atoms with Crippen LogP contribution in [-0.4, -0.2) is 69.3 Å². The second-order valence-corrected chi connectivity index (χ2v) is 8.54. The zero-order valence-electron chi connectivity index (χ0n) is 16.1. The standard InChI is InChI=1S/C20H29N5O2/c1-14-8-19-21-16(9-20(26)25(19)22-14)12-23-10-15-2-3-18(23)13-24(11-15)17-4-6-27-7-5-17/h8-9,15,17-18,22H,2-7,10-13H2,1H3/t15-,18-/m1/s1. The largest absolute Gasteiger partial charge is 0.381 e. The number of aromatic amines is 1. The van der Waals surface area contributed by atoms with Crippen molar-refractivity contribution >= 4 is 5.65 Å². The highest BCUT2D eigenvalue weighted by Gasteiger charge is 2.37. The summed E-state index contributed by atoms with van der Waals surface area (Å²) in [6.07, 6.45) is 4.92. The molecule has 0 amide bonds. The molecule has 0 aromatic carbocycles. The summed E-state index contributed by atoms with van der Waals surface area (Å²) >= 11 is 0. The summed E-state index contributed by atoms with van der Waals surface area (Å²) in [6.45, 7) is 8.02. The van der Waals surface area contributed by atoms with E-state index in [1.807, 2.05) is 13.0 Å². The van der Waals surface area contributed by atoms with Crippen LogP contribution in [0.25, 0.3) is 5.65 Å². The van der Waals surface area contributed by atoms with E-state index in [0.29, 0.717) is 12.1 Å². The third kappa shape index (κ3) is 3.44. The predicted molar refractivity (Wildman–Crippen MR) is 103 cm³/mol. The van der Waals surface area contributed by atoms with Crippen molar-refractivity contribution < 1.29 is 4.74 Å². The summed E-state index contributed by atoms with van der Waals surface area (Å²) in [5.74, 6) is 0.728. The Kier molecular flexibility index (Phi) is 4.53. The van der Waals surface area contributed by atoms with E-state index in [1.165, 1.54) is 36.7 Å². The van der Waals surface area contributed by atoms with Crippen molar-refractivity contribution in [3.63, 3.8) is 0 Å². The fraction of sp³-hybridized carbons (Fsp3) is 0.700. The van der Waals surface area contributed by atoms with Gasteiger partial charge in [0.1, 0.15) is 0 Å². The number of aromatic nitrogens is 3. The molecular weight excluding hydrogens is 342 g/mol. The van der Waals surface area contributed by atoms with Crippen LogP contribution >= 0.6 is 0 Å². The number of nitrogens with one attached hydrogen (secondary N) is 1. The third-order valence-corrected chi connectivity index (χ3v) is 6.56. The maximum Gasteiger partial charge on any atom is 0.272 e. The Labute approximate surface area is 159 Å². The normalized spacial score (nSPS) is 28.0. The zero-order chi connectivity index (χ0) is 18.4. The molecular formula is C20H29N5O2. The second kappa shape index (κ2) is 7.04. The molecule has 0 aliphatic carbocycles. The van der Waals surface area contributed by atoms with Crippen LogP contribution < -0.4 is 5.56 Å². The summed E-state index contributed by atoms with van der Waals surface area (Å²) < 4.78 is 7.09. The summed E-state index contributed by atoms with van der Waals surface area (Å²) in [5.41, 5.74) is 2.55. The van der Waals surface area contributed by atoms with Gasteiger partial charge in [-0.2, -0.15) is 0 Å². The SMILES string of the molecule is Cc1cc2nc(CN3C[C@H]4CC[C@@H]3CN(C3CCOCC3)C4)cc(=O)n2[nH]1. The first-order chi connectivity index (χ1) is 13.2. The van der Waals surface area contributed by atoms with Gasteiger partial charge in [0.05, 0.1) is 5.69 Å². The van der Waals surface area contributed by atoms with Gasteiger partial charge < -0.3 is 4.74 Å². The van der Waals surface area contributed by atoms with E-state index in [2.05, 4.69) is 14.9 Å². The van der Waals surface area contributed by atoms with Gasteiger partial charge >= 0.3 is 0 Å². The van der Waals surface area contributed by atoms with Crippen molar-refractivity contribution in [3.8, 4) is 0 Å². The molecule has 146 valence electrons. The lowest BCUT2D eigenvalue weighted by atomic mass is 9.95. The summed E-state index contributed by atoms with van der Waals surface area (Å²) in [6, 6.07) is 4.88. The van der Waals surface area contributed by atoms with Gasteiger partial charge in [0.2, 0.25) is 0 Å². The van der Waals surface area contributed by atoms with Crippen LogP contribution in [0.15, 0.2) is 16.9 Å². The minimum absolute atomic E-state index is 0.0214. The molecule has 4 aliphatic heterocycles. The Bertz CT molecular complexity index is 869. The van der Waals surface area contributed by atoms with Gasteiger partial charge in [-0.1, -0.05) is 0 Å². The molecule has 2 aromatic rings. The number of hydrogen-bond donors (Lipinski definition) is 1. The van der Waals surface area contributed by atoms with Gasteiger partial charge in [-0.3, -0.25) is 19.7 Å². The van der Waals surface area contributed by atoms with Crippen LogP contribution in [0.2, 0.25) is 0 Å². The highest BCUT2D eigenvalue weighted by Crippen LogP contribution is 2.31. The number of piperidine rings is 1. The Morgan fingerprint density at radius 2 is 1.96 bits per heavy atom. The molecule has 0 radical (unpaired) electrons. The van der Waals surface area contributed by atoms with Gasteiger partial charge in [-0.25, -0.2) is 9.50 Å². The number of H-pyrrole nitrogens is 1. The predicted octanol–water partition coefficient (Wildman–Crippen LogP) is 1.41. The van der Waals surface area contributed by atoms with Crippen molar-refractivity contribution in [2.45, 2.75) is 51.2 Å². The van der Waals surface area contributed by atoms with Gasteiger partial charge in [0.25, 0.3) is 5.56 Å². The van der Waals surface area contributed by atoms with Crippen LogP contribution in [0.5, 0.6) is 0 Å². The maximum absolute atomic E-state index is 12.4. The average Bonchev–Trinajstić information content (AvgIpc) is 2.84. The quantitative estimate of drug-likeness (QED) is 0.884. The molecule has 2 bridgehead atoms. The highest BCUT2D eigenvalue weighted by atomic mass is 16.5. The molecule has 6 rings (SSSR count). The fourth-order valence-electron chi connectivity index (χ4n) is 5.21. The second-order valence-electron chi connectivity index (χ2n) is 8.54. The lowest BCUT2D eigenvalue weighted by Crippen LogP contribution is -2.45. The first-order valence-electron chi connectivity index (χ1n) is 10.3. The molecule has 1 N–H and O–H groups in total. The van der Waals surface area contributed by atoms with E-state index in [0.717, 1.165) is 55.8 Å². The summed E-state index contributed by atoms with van der Waals surface area (Å²) in [4.78, 5) is 22.4. The Hall–Kier alpha value is -1.70. The van der Waals surface area contributed by atoms with Gasteiger partial charge in [-0.15, -0.1) is 0 Å². The Morgan fingerprint density at radius 1 is 1.11 bits per heavy atom. The van der Waals surface area contributed by atoms with Gasteiger partial charge in [-0.05, 0) is 38.5 Å². The third-order valence-electron chi connectivity index (χ3n) is 6.56. The maximum atomic E-state index is 12.4. The van der Waals surface area contributed by atoms with Crippen molar-refractivity contribution in [2.24, 2.45) is 5.92 Å². The number of aryl methyl sites for hydroxylation is 1. The van der Waals surface area contributed by atoms with E-state index in [1.54, 1.807) is 6.07 Å². The number of ether oxygens (including phenoxy) is 1. The topological polar surface area (TPSA) is 65.9 Å². The van der Waals surface area contributed by atoms with Crippen LogP contribution in [0.3, 0.4) is 0 Å². The molecule has 6 heterocycles. The highest BCUT2D eigenvalue weighted by molar-refractivity contribution is 5.39. The molecule has 4 aliphatic rings. The Morgan fingerprint density at radius 3 is 2.81 bits per heavy atom. The van der Waals surface area contributed by atoms with Gasteiger partial charge in [0, 0.05) is 69.3 Å². The van der Waals surface area contributed by atoms with E-state index in [-0.39, 0.29) is 5.56 Å². The average molecular weight is 371 g/mol. The zero-order valence-corrected chi connectivity index (χ0v) is 16.1. The minimum Gasteiger partial charge on any atom is -0.381 e. The molecule has 0 saturated carbocycles. The molecule has 2 atom stereocenters. The van der Waals surface area contributed by atoms with Crippen molar-refractivity contribution in [1.82, 2.24) is 24.4 Å². The van der Waals surface area contributed by atoms with Crippen molar-refractivity contribution in [1.29, 1.82) is 0 Å². The van der Waals surface area contributed by atoms with E-state index >= 15 is 0 Å². The summed E-state index contributed by atoms with van der Waals surface area (Å²) in [7, 11) is 0. The number of fused-ring (bicyclic) bond motifs is 5. The van der Waals surface area contributed by atoms with E-state index in [9.17, 15) is 4.79 Å². The summed E-state index contributed by atoms with van der Waals surface area (Å²) in [5, 5.41) is 3.05. The number of rotatable bonds is 3. The first kappa shape index (κ1) is 17.4. The molecule has 4 fully saturated rings. The van der Waals surface area contributed by atoms with Crippen LogP contribution in [0.1, 0.15) is 37.1 Å². The van der Waals surface area contributed by atoms with E-state index < -0.39 is 0 Å². The first-order valence-corrected chi connectivity index (χ1v) is 10.3. The minimum atomic E-state index is -0.0214. The van der Waals surface area contributed by atoms with Gasteiger partial charge in [0.15, 0.2) is 5.65 Å². The lowest BCUT2D eigenvalue weighted by molar-refractivity contribution is 0.0307. The monoisotopic (exact) mass is 371 g/mol. The fourth-order valence-corrected chi connectivity index (χ4v) is 5.21. The molecule has 4 saturated heterocycles. The van der Waals surface area contributed by atoms with Crippen LogP contribution in [0.4, 0.5) is 0 Å². The number of nitrogens with zero attached hydrogens (tertiary/aromatic N) is 4. The molecule has 27 heavy (non-hydrogen) atoms. The number of hydrogen-bond acceptors (Lipinski definition) is 5. The molecule has 7 heteroatoms. The van der Waals surface area contributed by atoms with Crippen molar-refractivity contribution in [3.05, 3.63) is 33.9 Å². The van der Waals surface area contributed by atoms with Crippen LogP contribution in [-0.2, 0) is 11.3 Å². The Balaban J connectivity index is 1.34. The molecule has 7 nitrogen and oxygen atoms in total. The van der Waals surface area contributed by atoms with E-state index in [4.69, 9.17) is 9.72 Å². The molecule has 2 aromatic heterocycles.